The maximum absolute atomic E-state index is 12.7. The van der Waals surface area contributed by atoms with E-state index in [9.17, 15) is 13.2 Å². The summed E-state index contributed by atoms with van der Waals surface area (Å²) in [5, 5.41) is 6.08. The molecular formula is C26H26N2O4S. The van der Waals surface area contributed by atoms with E-state index in [2.05, 4.69) is 5.10 Å². The SMILES string of the molecule is COc1ccc(C2CC(c3ccc(CS(=O)(=O)c4ccc(C)cc4)cc3)=NN2C(C)=O)cc1. The van der Waals surface area contributed by atoms with Gasteiger partial charge in [0.05, 0.1) is 29.5 Å². The van der Waals surface area contributed by atoms with E-state index in [1.54, 1.807) is 31.4 Å². The molecule has 1 aliphatic rings. The maximum atomic E-state index is 12.7. The fraction of sp³-hybridized carbons (Fsp3) is 0.231. The summed E-state index contributed by atoms with van der Waals surface area (Å²) in [7, 11) is -1.81. The van der Waals surface area contributed by atoms with Crippen molar-refractivity contribution in [1.29, 1.82) is 0 Å². The van der Waals surface area contributed by atoms with Crippen LogP contribution in [0.25, 0.3) is 0 Å². The van der Waals surface area contributed by atoms with Crippen LogP contribution >= 0.6 is 0 Å². The molecule has 0 radical (unpaired) electrons. The van der Waals surface area contributed by atoms with Gasteiger partial charge in [-0.15, -0.1) is 0 Å². The third-order valence-electron chi connectivity index (χ3n) is 5.76. The monoisotopic (exact) mass is 462 g/mol. The standard InChI is InChI=1S/C26H26N2O4S/c1-18-4-14-24(15-5-18)33(30,31)17-20-6-8-21(9-7-20)25-16-26(28(27-25)19(2)29)22-10-12-23(32-3)13-11-22/h4-15,26H,16-17H2,1-3H3. The predicted octanol–water partition coefficient (Wildman–Crippen LogP) is 4.68. The number of methoxy groups -OCH3 is 1. The van der Waals surface area contributed by atoms with Gasteiger partial charge in [-0.25, -0.2) is 13.4 Å². The van der Waals surface area contributed by atoms with Crippen LogP contribution in [0.1, 0.15) is 41.6 Å². The highest BCUT2D eigenvalue weighted by Gasteiger charge is 2.31. The molecule has 4 rings (SSSR count). The molecule has 0 bridgehead atoms. The molecule has 0 aromatic heterocycles. The van der Waals surface area contributed by atoms with Crippen molar-refractivity contribution in [2.75, 3.05) is 7.11 Å². The van der Waals surface area contributed by atoms with Gasteiger partial charge in [0.25, 0.3) is 0 Å². The number of hydrazone groups is 1. The highest BCUT2D eigenvalue weighted by atomic mass is 32.2. The summed E-state index contributed by atoms with van der Waals surface area (Å²) in [4.78, 5) is 12.5. The molecule has 170 valence electrons. The summed E-state index contributed by atoms with van der Waals surface area (Å²) in [5.74, 6) is 0.548. The van der Waals surface area contributed by atoms with Crippen LogP contribution in [0.5, 0.6) is 5.75 Å². The van der Waals surface area contributed by atoms with Crippen molar-refractivity contribution in [3.8, 4) is 5.75 Å². The fourth-order valence-electron chi connectivity index (χ4n) is 3.90. The number of carbonyl (C=O) groups excluding carboxylic acids is 1. The minimum atomic E-state index is -3.43. The average molecular weight is 463 g/mol. The van der Waals surface area contributed by atoms with E-state index < -0.39 is 9.84 Å². The van der Waals surface area contributed by atoms with Crippen molar-refractivity contribution >= 4 is 21.5 Å². The number of aryl methyl sites for hydroxylation is 1. The zero-order valence-electron chi connectivity index (χ0n) is 18.9. The van der Waals surface area contributed by atoms with E-state index in [-0.39, 0.29) is 17.7 Å². The molecule has 0 aliphatic carbocycles. The number of nitrogens with zero attached hydrogens (tertiary/aromatic N) is 2. The van der Waals surface area contributed by atoms with Crippen LogP contribution in [0.2, 0.25) is 0 Å². The van der Waals surface area contributed by atoms with Gasteiger partial charge in [0.15, 0.2) is 9.84 Å². The van der Waals surface area contributed by atoms with Gasteiger partial charge < -0.3 is 4.74 Å². The molecule has 0 spiro atoms. The van der Waals surface area contributed by atoms with E-state index >= 15 is 0 Å². The largest absolute Gasteiger partial charge is 0.497 e. The van der Waals surface area contributed by atoms with Gasteiger partial charge in [-0.3, -0.25) is 4.79 Å². The fourth-order valence-corrected chi connectivity index (χ4v) is 5.25. The molecule has 3 aromatic carbocycles. The second kappa shape index (κ2) is 9.19. The van der Waals surface area contributed by atoms with Gasteiger partial charge in [-0.05, 0) is 47.9 Å². The molecule has 0 N–H and O–H groups in total. The zero-order chi connectivity index (χ0) is 23.6. The first kappa shape index (κ1) is 22.7. The summed E-state index contributed by atoms with van der Waals surface area (Å²) in [6.07, 6.45) is 0.576. The maximum Gasteiger partial charge on any atom is 0.240 e. The van der Waals surface area contributed by atoms with Crippen LogP contribution in [-0.4, -0.2) is 32.2 Å². The smallest absolute Gasteiger partial charge is 0.240 e. The number of rotatable bonds is 6. The Morgan fingerprint density at radius 1 is 1.00 bits per heavy atom. The van der Waals surface area contributed by atoms with Crippen LogP contribution in [0, 0.1) is 6.92 Å². The molecule has 1 atom stereocenters. The van der Waals surface area contributed by atoms with E-state index in [0.29, 0.717) is 16.9 Å². The molecule has 1 unspecified atom stereocenters. The number of hydrogen-bond donors (Lipinski definition) is 0. The molecule has 0 saturated carbocycles. The Kier molecular flexibility index (Phi) is 6.33. The topological polar surface area (TPSA) is 76.0 Å². The Bertz CT molecular complexity index is 1280. The molecule has 33 heavy (non-hydrogen) atoms. The lowest BCUT2D eigenvalue weighted by Gasteiger charge is -2.20. The molecule has 1 amide bonds. The van der Waals surface area contributed by atoms with E-state index in [1.807, 2.05) is 55.5 Å². The lowest BCUT2D eigenvalue weighted by atomic mass is 9.98. The van der Waals surface area contributed by atoms with E-state index in [1.165, 1.54) is 11.9 Å². The summed E-state index contributed by atoms with van der Waals surface area (Å²) in [6, 6.07) is 21.7. The van der Waals surface area contributed by atoms with Gasteiger partial charge in [-0.1, -0.05) is 54.1 Å². The molecule has 1 aliphatic heterocycles. The first-order chi connectivity index (χ1) is 15.8. The number of ether oxygens (including phenoxy) is 1. The second-order valence-electron chi connectivity index (χ2n) is 8.17. The van der Waals surface area contributed by atoms with Gasteiger partial charge in [0.1, 0.15) is 5.75 Å². The lowest BCUT2D eigenvalue weighted by molar-refractivity contribution is -0.130. The van der Waals surface area contributed by atoms with E-state index in [4.69, 9.17) is 4.74 Å². The molecule has 6 nitrogen and oxygen atoms in total. The lowest BCUT2D eigenvalue weighted by Crippen LogP contribution is -2.24. The van der Waals surface area contributed by atoms with Crippen LogP contribution in [0.15, 0.2) is 82.8 Å². The summed E-state index contributed by atoms with van der Waals surface area (Å²) < 4.78 is 30.7. The number of carbonyl (C=O) groups is 1. The normalized spacial score (nSPS) is 15.9. The van der Waals surface area contributed by atoms with Crippen LogP contribution < -0.4 is 4.74 Å². The highest BCUT2D eigenvalue weighted by molar-refractivity contribution is 7.90. The Balaban J connectivity index is 1.52. The summed E-state index contributed by atoms with van der Waals surface area (Å²) in [5.41, 5.74) is 4.36. The second-order valence-corrected chi connectivity index (χ2v) is 10.2. The minimum absolute atomic E-state index is 0.0726. The van der Waals surface area contributed by atoms with Crippen molar-refractivity contribution in [3.63, 3.8) is 0 Å². The third kappa shape index (κ3) is 4.98. The molecule has 3 aromatic rings. The first-order valence-electron chi connectivity index (χ1n) is 10.7. The highest BCUT2D eigenvalue weighted by Crippen LogP contribution is 2.33. The summed E-state index contributed by atoms with van der Waals surface area (Å²) >= 11 is 0. The Morgan fingerprint density at radius 3 is 2.21 bits per heavy atom. The Labute approximate surface area is 194 Å². The summed E-state index contributed by atoms with van der Waals surface area (Å²) in [6.45, 7) is 3.43. The minimum Gasteiger partial charge on any atom is -0.497 e. The van der Waals surface area contributed by atoms with Gasteiger partial charge in [0.2, 0.25) is 5.91 Å². The predicted molar refractivity (Wildman–Crippen MR) is 128 cm³/mol. The van der Waals surface area contributed by atoms with Gasteiger partial charge in [-0.2, -0.15) is 5.10 Å². The molecule has 1 heterocycles. The first-order valence-corrected chi connectivity index (χ1v) is 12.3. The van der Waals surface area contributed by atoms with Crippen LogP contribution in [0.4, 0.5) is 0 Å². The third-order valence-corrected chi connectivity index (χ3v) is 7.46. The molecule has 0 saturated heterocycles. The number of amides is 1. The number of sulfone groups is 1. The zero-order valence-corrected chi connectivity index (χ0v) is 19.7. The van der Waals surface area contributed by atoms with Crippen LogP contribution in [0.3, 0.4) is 0 Å². The molecule has 0 fully saturated rings. The van der Waals surface area contributed by atoms with E-state index in [0.717, 1.165) is 28.2 Å². The number of hydrogen-bond acceptors (Lipinski definition) is 5. The van der Waals surface area contributed by atoms with Crippen molar-refractivity contribution in [1.82, 2.24) is 5.01 Å². The number of benzene rings is 3. The Hall–Kier alpha value is -3.45. The van der Waals surface area contributed by atoms with Crippen molar-refractivity contribution in [3.05, 3.63) is 95.1 Å². The van der Waals surface area contributed by atoms with Crippen molar-refractivity contribution in [2.24, 2.45) is 5.10 Å². The Morgan fingerprint density at radius 2 is 1.64 bits per heavy atom. The van der Waals surface area contributed by atoms with Crippen LogP contribution in [-0.2, 0) is 20.4 Å². The van der Waals surface area contributed by atoms with Gasteiger partial charge in [0, 0.05) is 13.3 Å². The average Bonchev–Trinajstić information content (AvgIpc) is 3.25. The quantitative estimate of drug-likeness (QED) is 0.533. The molecular weight excluding hydrogens is 436 g/mol. The van der Waals surface area contributed by atoms with Crippen molar-refractivity contribution < 1.29 is 17.9 Å². The molecule has 7 heteroatoms. The van der Waals surface area contributed by atoms with Crippen molar-refractivity contribution in [2.45, 2.75) is 37.0 Å². The van der Waals surface area contributed by atoms with Gasteiger partial charge >= 0.3 is 0 Å².